The molecule has 3 heterocycles. The minimum atomic E-state index is 0.413. The Balaban J connectivity index is 1.69. The summed E-state index contributed by atoms with van der Waals surface area (Å²) >= 11 is 0. The average Bonchev–Trinajstić information content (AvgIpc) is 2.55. The predicted octanol–water partition coefficient (Wildman–Crippen LogP) is 3.41. The smallest absolute Gasteiger partial charge is 0.147 e. The van der Waals surface area contributed by atoms with Crippen molar-refractivity contribution in [2.24, 2.45) is 0 Å². The fraction of sp³-hybridized carbons (Fsp3) is 0.211. The van der Waals surface area contributed by atoms with E-state index in [4.69, 9.17) is 4.98 Å². The zero-order valence-electron chi connectivity index (χ0n) is 12.9. The summed E-state index contributed by atoms with van der Waals surface area (Å²) in [7, 11) is 0. The summed E-state index contributed by atoms with van der Waals surface area (Å²) in [6, 6.07) is 16.3. The Labute approximate surface area is 135 Å². The molecule has 23 heavy (non-hydrogen) atoms. The first-order valence-corrected chi connectivity index (χ1v) is 7.73. The number of nitriles is 1. The molecule has 1 aliphatic heterocycles. The molecule has 0 bridgehead atoms. The second-order valence-corrected chi connectivity index (χ2v) is 5.92. The van der Waals surface area contributed by atoms with Crippen molar-refractivity contribution in [1.29, 1.82) is 5.26 Å². The number of aryl methyl sites for hydroxylation is 1. The van der Waals surface area contributed by atoms with Gasteiger partial charge in [0.1, 0.15) is 11.9 Å². The Morgan fingerprint density at radius 3 is 2.65 bits per heavy atom. The Bertz CT molecular complexity index is 906. The third kappa shape index (κ3) is 2.22. The molecule has 0 atom stereocenters. The number of nitrogens with zero attached hydrogens (tertiary/aromatic N) is 4. The minimum absolute atomic E-state index is 0.413. The van der Waals surface area contributed by atoms with E-state index in [1.165, 1.54) is 0 Å². The van der Waals surface area contributed by atoms with Gasteiger partial charge in [-0.2, -0.15) is 5.26 Å². The second-order valence-electron chi connectivity index (χ2n) is 5.92. The van der Waals surface area contributed by atoms with Crippen molar-refractivity contribution in [3.8, 4) is 6.07 Å². The highest BCUT2D eigenvalue weighted by molar-refractivity contribution is 5.87. The molecule has 0 amide bonds. The van der Waals surface area contributed by atoms with Gasteiger partial charge in [-0.25, -0.2) is 4.98 Å². The number of rotatable bonds is 2. The van der Waals surface area contributed by atoms with Gasteiger partial charge in [0.15, 0.2) is 0 Å². The molecule has 0 unspecified atom stereocenters. The van der Waals surface area contributed by atoms with E-state index in [2.05, 4.69) is 22.0 Å². The van der Waals surface area contributed by atoms with Crippen molar-refractivity contribution in [2.75, 3.05) is 18.0 Å². The highest BCUT2D eigenvalue weighted by atomic mass is 15.2. The van der Waals surface area contributed by atoms with E-state index in [9.17, 15) is 5.26 Å². The Morgan fingerprint density at radius 1 is 1.13 bits per heavy atom. The lowest BCUT2D eigenvalue weighted by atomic mass is 9.94. The molecule has 0 saturated carbocycles. The molecule has 0 N–H and O–H groups in total. The van der Waals surface area contributed by atoms with Gasteiger partial charge in [0, 0.05) is 36.3 Å². The summed E-state index contributed by atoms with van der Waals surface area (Å²) in [5.41, 5.74) is 3.75. The van der Waals surface area contributed by atoms with Crippen LogP contribution in [0.2, 0.25) is 0 Å². The van der Waals surface area contributed by atoms with Crippen LogP contribution in [0.4, 0.5) is 5.82 Å². The number of para-hydroxylation sites is 1. The number of fused-ring (bicyclic) bond motifs is 1. The van der Waals surface area contributed by atoms with Crippen LogP contribution in [0.15, 0.2) is 48.7 Å². The first-order valence-electron chi connectivity index (χ1n) is 7.73. The molecule has 1 aliphatic rings. The molecule has 2 aromatic heterocycles. The van der Waals surface area contributed by atoms with Gasteiger partial charge in [-0.15, -0.1) is 0 Å². The molecule has 1 saturated heterocycles. The van der Waals surface area contributed by atoms with Crippen LogP contribution in [0.1, 0.15) is 22.7 Å². The quantitative estimate of drug-likeness (QED) is 0.727. The molecule has 0 radical (unpaired) electrons. The van der Waals surface area contributed by atoms with Crippen LogP contribution in [0.5, 0.6) is 0 Å². The lowest BCUT2D eigenvalue weighted by molar-refractivity contribution is 0.509. The first-order chi connectivity index (χ1) is 11.3. The molecule has 4 heteroatoms. The van der Waals surface area contributed by atoms with Gasteiger partial charge in [0.25, 0.3) is 0 Å². The summed E-state index contributed by atoms with van der Waals surface area (Å²) < 4.78 is 0. The van der Waals surface area contributed by atoms with Crippen molar-refractivity contribution in [3.05, 3.63) is 65.5 Å². The Hall–Kier alpha value is -2.93. The largest absolute Gasteiger partial charge is 0.354 e. The van der Waals surface area contributed by atoms with Gasteiger partial charge in [-0.1, -0.05) is 24.3 Å². The van der Waals surface area contributed by atoms with Gasteiger partial charge in [0.05, 0.1) is 11.1 Å². The van der Waals surface area contributed by atoms with E-state index in [0.717, 1.165) is 41.1 Å². The summed E-state index contributed by atoms with van der Waals surface area (Å²) in [5, 5.41) is 10.6. The zero-order chi connectivity index (χ0) is 15.8. The third-order valence-electron chi connectivity index (χ3n) is 4.53. The van der Waals surface area contributed by atoms with Crippen molar-refractivity contribution in [3.63, 3.8) is 0 Å². The summed E-state index contributed by atoms with van der Waals surface area (Å²) in [4.78, 5) is 11.3. The van der Waals surface area contributed by atoms with Crippen LogP contribution in [-0.4, -0.2) is 23.1 Å². The summed E-state index contributed by atoms with van der Waals surface area (Å²) in [6.45, 7) is 3.72. The number of anilines is 1. The fourth-order valence-electron chi connectivity index (χ4n) is 3.18. The highest BCUT2D eigenvalue weighted by Gasteiger charge is 2.32. The van der Waals surface area contributed by atoms with Crippen molar-refractivity contribution in [1.82, 2.24) is 9.97 Å². The minimum Gasteiger partial charge on any atom is -0.354 e. The van der Waals surface area contributed by atoms with Gasteiger partial charge in [-0.05, 0) is 30.7 Å². The molecule has 1 fully saturated rings. The van der Waals surface area contributed by atoms with Gasteiger partial charge in [-0.3, -0.25) is 4.98 Å². The SMILES string of the molecule is Cc1c(C#N)c(N2CC(c3ccccn3)C2)nc2ccccc12. The van der Waals surface area contributed by atoms with E-state index in [1.807, 2.05) is 49.5 Å². The molecular formula is C19H16N4. The standard InChI is InChI=1S/C19H16N4/c1-13-15-6-2-3-8-18(15)22-19(16(13)10-20)23-11-14(12-23)17-7-4-5-9-21-17/h2-9,14H,11-12H2,1H3. The molecule has 1 aromatic carbocycles. The lowest BCUT2D eigenvalue weighted by Crippen LogP contribution is -2.46. The molecule has 4 rings (SSSR count). The molecule has 0 spiro atoms. The Morgan fingerprint density at radius 2 is 1.91 bits per heavy atom. The van der Waals surface area contributed by atoms with Crippen molar-refractivity contribution >= 4 is 16.7 Å². The summed E-state index contributed by atoms with van der Waals surface area (Å²) in [5.74, 6) is 1.22. The van der Waals surface area contributed by atoms with E-state index >= 15 is 0 Å². The van der Waals surface area contributed by atoms with E-state index < -0.39 is 0 Å². The van der Waals surface area contributed by atoms with Crippen molar-refractivity contribution in [2.45, 2.75) is 12.8 Å². The fourth-order valence-corrected chi connectivity index (χ4v) is 3.18. The number of hydrogen-bond acceptors (Lipinski definition) is 4. The predicted molar refractivity (Wildman–Crippen MR) is 90.4 cm³/mol. The van der Waals surface area contributed by atoms with Gasteiger partial charge < -0.3 is 4.90 Å². The van der Waals surface area contributed by atoms with Crippen LogP contribution >= 0.6 is 0 Å². The van der Waals surface area contributed by atoms with Crippen LogP contribution in [0.25, 0.3) is 10.9 Å². The molecule has 0 aliphatic carbocycles. The van der Waals surface area contributed by atoms with E-state index in [0.29, 0.717) is 11.5 Å². The number of aromatic nitrogens is 2. The zero-order valence-corrected chi connectivity index (χ0v) is 12.9. The third-order valence-corrected chi connectivity index (χ3v) is 4.53. The number of benzene rings is 1. The molecule has 4 nitrogen and oxygen atoms in total. The molecule has 3 aromatic rings. The monoisotopic (exact) mass is 300 g/mol. The van der Waals surface area contributed by atoms with E-state index in [-0.39, 0.29) is 0 Å². The van der Waals surface area contributed by atoms with Crippen LogP contribution in [0.3, 0.4) is 0 Å². The van der Waals surface area contributed by atoms with Gasteiger partial charge in [0.2, 0.25) is 0 Å². The van der Waals surface area contributed by atoms with Crippen molar-refractivity contribution < 1.29 is 0 Å². The maximum Gasteiger partial charge on any atom is 0.147 e. The molecular weight excluding hydrogens is 284 g/mol. The van der Waals surface area contributed by atoms with E-state index in [1.54, 1.807) is 0 Å². The maximum atomic E-state index is 9.58. The van der Waals surface area contributed by atoms with Crippen LogP contribution in [0, 0.1) is 18.3 Å². The maximum absolute atomic E-state index is 9.58. The topological polar surface area (TPSA) is 52.8 Å². The van der Waals surface area contributed by atoms with Gasteiger partial charge >= 0.3 is 0 Å². The highest BCUT2D eigenvalue weighted by Crippen LogP contribution is 2.34. The number of pyridine rings is 2. The average molecular weight is 300 g/mol. The number of hydrogen-bond donors (Lipinski definition) is 0. The van der Waals surface area contributed by atoms with Crippen LogP contribution in [-0.2, 0) is 0 Å². The lowest BCUT2D eigenvalue weighted by Gasteiger charge is -2.40. The van der Waals surface area contributed by atoms with Crippen LogP contribution < -0.4 is 4.90 Å². The second kappa shape index (κ2) is 5.36. The summed E-state index contributed by atoms with van der Waals surface area (Å²) in [6.07, 6.45) is 1.83. The normalized spacial score (nSPS) is 14.5. The molecule has 112 valence electrons. The first kappa shape index (κ1) is 13.7. The Kier molecular flexibility index (Phi) is 3.20.